The third-order valence-electron chi connectivity index (χ3n) is 3.99. The van der Waals surface area contributed by atoms with Crippen LogP contribution in [0.2, 0.25) is 0 Å². The molecule has 3 rings (SSSR count). The summed E-state index contributed by atoms with van der Waals surface area (Å²) in [5.74, 6) is 0.500. The lowest BCUT2D eigenvalue weighted by Crippen LogP contribution is -2.37. The highest BCUT2D eigenvalue weighted by Gasteiger charge is 2.27. The Morgan fingerprint density at radius 1 is 1.08 bits per heavy atom. The zero-order valence-electron chi connectivity index (χ0n) is 13.9. The maximum atomic E-state index is 12.6. The molecule has 1 aliphatic rings. The Morgan fingerprint density at radius 2 is 1.76 bits per heavy atom. The van der Waals surface area contributed by atoms with Crippen molar-refractivity contribution in [3.63, 3.8) is 0 Å². The molecule has 0 saturated carbocycles. The number of para-hydroxylation sites is 1. The summed E-state index contributed by atoms with van der Waals surface area (Å²) >= 11 is 0. The van der Waals surface area contributed by atoms with Crippen molar-refractivity contribution in [2.45, 2.75) is 13.0 Å². The predicted octanol–water partition coefficient (Wildman–Crippen LogP) is 1.74. The number of β-amino-alcohol motifs (C(OH)–C–C–N with tert-alkyl or cyclic N) is 1. The van der Waals surface area contributed by atoms with Crippen LogP contribution in [0.3, 0.4) is 0 Å². The molecular formula is C18H20N2O5. The lowest BCUT2D eigenvalue weighted by molar-refractivity contribution is -0.129. The van der Waals surface area contributed by atoms with Crippen molar-refractivity contribution < 1.29 is 23.8 Å². The molecule has 1 aliphatic heterocycles. The first kappa shape index (κ1) is 17.0. The van der Waals surface area contributed by atoms with Gasteiger partial charge < -0.3 is 24.1 Å². The van der Waals surface area contributed by atoms with Crippen LogP contribution < -0.4 is 4.74 Å². The molecule has 1 aromatic carbocycles. The van der Waals surface area contributed by atoms with Gasteiger partial charge in [0.1, 0.15) is 5.75 Å². The minimum atomic E-state index is -0.787. The summed E-state index contributed by atoms with van der Waals surface area (Å²) in [5, 5.41) is 10.0. The van der Waals surface area contributed by atoms with Gasteiger partial charge in [-0.05, 0) is 18.2 Å². The van der Waals surface area contributed by atoms with Gasteiger partial charge in [-0.2, -0.15) is 0 Å². The fourth-order valence-electron chi connectivity index (χ4n) is 2.71. The second kappa shape index (κ2) is 7.40. The number of ether oxygens (including phenoxy) is 1. The van der Waals surface area contributed by atoms with Crippen LogP contribution in [0, 0.1) is 0 Å². The normalized spacial score (nSPS) is 17.9. The second-order valence-corrected chi connectivity index (χ2v) is 5.90. The van der Waals surface area contributed by atoms with Crippen molar-refractivity contribution in [2.75, 3.05) is 26.2 Å². The first-order chi connectivity index (χ1) is 12.0. The molecule has 132 valence electrons. The van der Waals surface area contributed by atoms with Crippen LogP contribution >= 0.6 is 0 Å². The van der Waals surface area contributed by atoms with E-state index >= 15 is 0 Å². The highest BCUT2D eigenvalue weighted by atomic mass is 16.6. The first-order valence-corrected chi connectivity index (χ1v) is 8.08. The van der Waals surface area contributed by atoms with Crippen LogP contribution in [-0.4, -0.2) is 59.0 Å². The number of rotatable bonds is 3. The molecule has 2 amide bonds. The number of hydrogen-bond acceptors (Lipinski definition) is 5. The minimum Gasteiger partial charge on any atom is -0.426 e. The number of hydrogen-bond donors (Lipinski definition) is 1. The quantitative estimate of drug-likeness (QED) is 0.917. The fraction of sp³-hybridized carbons (Fsp3) is 0.333. The Kier molecular flexibility index (Phi) is 5.04. The predicted molar refractivity (Wildman–Crippen MR) is 89.4 cm³/mol. The third kappa shape index (κ3) is 4.19. The van der Waals surface area contributed by atoms with E-state index in [0.717, 1.165) is 0 Å². The lowest BCUT2D eigenvalue weighted by Gasteiger charge is -2.20. The molecule has 1 N–H and O–H groups in total. The van der Waals surface area contributed by atoms with Crippen LogP contribution in [-0.2, 0) is 4.79 Å². The smallest absolute Gasteiger partial charge is 0.290 e. The Morgan fingerprint density at radius 3 is 2.48 bits per heavy atom. The monoisotopic (exact) mass is 344 g/mol. The number of aliphatic hydroxyl groups is 1. The van der Waals surface area contributed by atoms with Crippen LogP contribution in [0.1, 0.15) is 17.5 Å². The van der Waals surface area contributed by atoms with Crippen LogP contribution in [0.5, 0.6) is 11.7 Å². The second-order valence-electron chi connectivity index (χ2n) is 5.90. The number of furan rings is 1. The Hall–Kier alpha value is -2.80. The van der Waals surface area contributed by atoms with E-state index in [0.29, 0.717) is 18.8 Å². The molecule has 1 fully saturated rings. The molecule has 25 heavy (non-hydrogen) atoms. The highest BCUT2D eigenvalue weighted by molar-refractivity contribution is 5.91. The molecule has 1 atom stereocenters. The van der Waals surface area contributed by atoms with E-state index in [9.17, 15) is 14.7 Å². The summed E-state index contributed by atoms with van der Waals surface area (Å²) in [6, 6.07) is 12.2. The van der Waals surface area contributed by atoms with Gasteiger partial charge in [-0.1, -0.05) is 18.2 Å². The zero-order valence-corrected chi connectivity index (χ0v) is 13.9. The number of aliphatic hydroxyl groups excluding tert-OH is 1. The fourth-order valence-corrected chi connectivity index (χ4v) is 2.71. The molecule has 7 heteroatoms. The largest absolute Gasteiger partial charge is 0.426 e. The van der Waals surface area contributed by atoms with Gasteiger partial charge in [0.2, 0.25) is 5.91 Å². The average molecular weight is 344 g/mol. The average Bonchev–Trinajstić information content (AvgIpc) is 2.96. The number of benzene rings is 1. The van der Waals surface area contributed by atoms with E-state index in [1.165, 1.54) is 16.7 Å². The SMILES string of the molecule is CC(=O)N1CCN(C(=O)c2ccc(Oc3ccccc3)o2)C[C@@H](O)C1. The number of carbonyl (C=O) groups is 2. The molecule has 1 aromatic heterocycles. The summed E-state index contributed by atoms with van der Waals surface area (Å²) in [5.41, 5.74) is 0. The van der Waals surface area contributed by atoms with E-state index in [1.54, 1.807) is 24.3 Å². The molecule has 0 spiro atoms. The van der Waals surface area contributed by atoms with Crippen molar-refractivity contribution in [1.29, 1.82) is 0 Å². The van der Waals surface area contributed by atoms with Gasteiger partial charge in [0.25, 0.3) is 11.9 Å². The van der Waals surface area contributed by atoms with E-state index in [1.807, 2.05) is 18.2 Å². The van der Waals surface area contributed by atoms with Crippen molar-refractivity contribution in [1.82, 2.24) is 9.80 Å². The third-order valence-corrected chi connectivity index (χ3v) is 3.99. The van der Waals surface area contributed by atoms with Crippen LogP contribution in [0.15, 0.2) is 46.9 Å². The van der Waals surface area contributed by atoms with E-state index < -0.39 is 6.10 Å². The molecule has 7 nitrogen and oxygen atoms in total. The topological polar surface area (TPSA) is 83.2 Å². The Labute approximate surface area is 145 Å². The molecule has 2 heterocycles. The first-order valence-electron chi connectivity index (χ1n) is 8.08. The van der Waals surface area contributed by atoms with Crippen molar-refractivity contribution >= 4 is 11.8 Å². The van der Waals surface area contributed by atoms with Gasteiger partial charge in [-0.3, -0.25) is 9.59 Å². The summed E-state index contributed by atoms with van der Waals surface area (Å²) in [6.45, 7) is 2.54. The molecule has 0 aliphatic carbocycles. The van der Waals surface area contributed by atoms with E-state index in [4.69, 9.17) is 9.15 Å². The van der Waals surface area contributed by atoms with E-state index in [-0.39, 0.29) is 36.6 Å². The van der Waals surface area contributed by atoms with E-state index in [2.05, 4.69) is 0 Å². The van der Waals surface area contributed by atoms with Gasteiger partial charge in [0, 0.05) is 39.2 Å². The molecule has 0 radical (unpaired) electrons. The van der Waals surface area contributed by atoms with Crippen molar-refractivity contribution in [3.05, 3.63) is 48.2 Å². The summed E-state index contributed by atoms with van der Waals surface area (Å²) in [4.78, 5) is 27.1. The Bertz CT molecular complexity index is 743. The highest BCUT2D eigenvalue weighted by Crippen LogP contribution is 2.24. The summed E-state index contributed by atoms with van der Waals surface area (Å²) < 4.78 is 11.0. The lowest BCUT2D eigenvalue weighted by atomic mass is 10.3. The molecule has 0 bridgehead atoms. The maximum Gasteiger partial charge on any atom is 0.290 e. The van der Waals surface area contributed by atoms with Crippen molar-refractivity contribution in [3.8, 4) is 11.7 Å². The summed E-state index contributed by atoms with van der Waals surface area (Å²) in [6.07, 6.45) is -0.787. The minimum absolute atomic E-state index is 0.120. The van der Waals surface area contributed by atoms with Gasteiger partial charge in [-0.15, -0.1) is 0 Å². The Balaban J connectivity index is 1.67. The molecule has 2 aromatic rings. The maximum absolute atomic E-state index is 12.6. The molecular weight excluding hydrogens is 324 g/mol. The van der Waals surface area contributed by atoms with Crippen LogP contribution in [0.25, 0.3) is 0 Å². The van der Waals surface area contributed by atoms with Crippen LogP contribution in [0.4, 0.5) is 0 Å². The van der Waals surface area contributed by atoms with Crippen molar-refractivity contribution in [2.24, 2.45) is 0 Å². The zero-order chi connectivity index (χ0) is 17.8. The molecule has 1 saturated heterocycles. The summed E-state index contributed by atoms with van der Waals surface area (Å²) in [7, 11) is 0. The van der Waals surface area contributed by atoms with Gasteiger partial charge >= 0.3 is 0 Å². The van der Waals surface area contributed by atoms with Gasteiger partial charge in [0.15, 0.2) is 5.76 Å². The number of amides is 2. The number of nitrogens with zero attached hydrogens (tertiary/aromatic N) is 2. The molecule has 0 unspecified atom stereocenters. The number of carbonyl (C=O) groups excluding carboxylic acids is 2. The van der Waals surface area contributed by atoms with Gasteiger partial charge in [0.05, 0.1) is 6.10 Å². The standard InChI is InChI=1S/C18H20N2O5/c1-13(21)19-9-10-20(12-14(22)11-19)18(23)16-7-8-17(25-16)24-15-5-3-2-4-6-15/h2-8,14,22H,9-12H2,1H3/t14-/m0/s1. The van der Waals surface area contributed by atoms with Gasteiger partial charge in [-0.25, -0.2) is 0 Å².